The van der Waals surface area contributed by atoms with Gasteiger partial charge in [0, 0.05) is 35.7 Å². The molecular weight excluding hydrogens is 353 g/mol. The van der Waals surface area contributed by atoms with Crippen LogP contribution in [0.5, 0.6) is 0 Å². The third kappa shape index (κ3) is 2.99. The van der Waals surface area contributed by atoms with Crippen LogP contribution in [0.15, 0.2) is 48.9 Å². The Labute approximate surface area is 154 Å². The highest BCUT2D eigenvalue weighted by atomic mass is 35.5. The lowest BCUT2D eigenvalue weighted by molar-refractivity contribution is 0.631. The molecule has 5 nitrogen and oxygen atoms in total. The van der Waals surface area contributed by atoms with Crippen molar-refractivity contribution in [2.45, 2.75) is 6.92 Å². The molecule has 3 heterocycles. The molecule has 26 heavy (non-hydrogen) atoms. The summed E-state index contributed by atoms with van der Waals surface area (Å²) in [4.78, 5) is 8.66. The van der Waals surface area contributed by atoms with Gasteiger partial charge in [0.25, 0.3) is 0 Å². The molecule has 0 aliphatic heterocycles. The van der Waals surface area contributed by atoms with E-state index in [1.165, 1.54) is 12.1 Å². The van der Waals surface area contributed by atoms with E-state index in [2.05, 4.69) is 20.4 Å². The number of nitrogens with one attached hydrogen (secondary N) is 1. The zero-order chi connectivity index (χ0) is 18.3. The molecule has 0 saturated heterocycles. The van der Waals surface area contributed by atoms with Crippen molar-refractivity contribution in [2.75, 3.05) is 5.32 Å². The Bertz CT molecular complexity index is 1120. The van der Waals surface area contributed by atoms with Crippen molar-refractivity contribution in [3.8, 4) is 11.3 Å². The van der Waals surface area contributed by atoms with E-state index in [9.17, 15) is 4.39 Å². The first-order valence-corrected chi connectivity index (χ1v) is 8.36. The lowest BCUT2D eigenvalue weighted by Crippen LogP contribution is -1.98. The molecule has 4 aromatic rings. The van der Waals surface area contributed by atoms with Gasteiger partial charge in [0.1, 0.15) is 16.9 Å². The number of aryl methyl sites for hydroxylation is 2. The van der Waals surface area contributed by atoms with Crippen LogP contribution in [0.4, 0.5) is 15.8 Å². The van der Waals surface area contributed by atoms with Crippen LogP contribution in [0.25, 0.3) is 22.3 Å². The second kappa shape index (κ2) is 6.38. The molecule has 0 bridgehead atoms. The average Bonchev–Trinajstić information content (AvgIpc) is 3.00. The van der Waals surface area contributed by atoms with E-state index in [-0.39, 0.29) is 5.82 Å². The van der Waals surface area contributed by atoms with Crippen LogP contribution in [-0.4, -0.2) is 19.7 Å². The normalized spacial score (nSPS) is 11.1. The zero-order valence-corrected chi connectivity index (χ0v) is 14.9. The van der Waals surface area contributed by atoms with Gasteiger partial charge in [-0.1, -0.05) is 11.6 Å². The molecule has 0 fully saturated rings. The molecule has 3 aromatic heterocycles. The van der Waals surface area contributed by atoms with Crippen LogP contribution in [0.2, 0.25) is 5.02 Å². The van der Waals surface area contributed by atoms with Gasteiger partial charge in [-0.15, -0.1) is 0 Å². The van der Waals surface area contributed by atoms with Gasteiger partial charge in [0.2, 0.25) is 0 Å². The van der Waals surface area contributed by atoms with E-state index in [0.29, 0.717) is 16.3 Å². The monoisotopic (exact) mass is 367 g/mol. The van der Waals surface area contributed by atoms with Crippen molar-refractivity contribution in [3.05, 3.63) is 65.3 Å². The first-order valence-electron chi connectivity index (χ1n) is 7.99. The molecule has 0 aliphatic carbocycles. The Kier molecular flexibility index (Phi) is 4.05. The summed E-state index contributed by atoms with van der Waals surface area (Å²) in [6.07, 6.45) is 5.28. The number of hydrogen-bond acceptors (Lipinski definition) is 4. The van der Waals surface area contributed by atoms with Gasteiger partial charge in [-0.3, -0.25) is 14.6 Å². The largest absolute Gasteiger partial charge is 0.353 e. The molecule has 0 atom stereocenters. The molecule has 0 amide bonds. The minimum Gasteiger partial charge on any atom is -0.353 e. The molecule has 7 heteroatoms. The number of benzene rings is 1. The fourth-order valence-corrected chi connectivity index (χ4v) is 2.95. The molecule has 0 unspecified atom stereocenters. The Morgan fingerprint density at radius 3 is 2.81 bits per heavy atom. The van der Waals surface area contributed by atoms with E-state index < -0.39 is 0 Å². The summed E-state index contributed by atoms with van der Waals surface area (Å²) in [5, 5.41) is 8.27. The molecule has 130 valence electrons. The quantitative estimate of drug-likeness (QED) is 0.561. The van der Waals surface area contributed by atoms with Crippen molar-refractivity contribution < 1.29 is 4.39 Å². The van der Waals surface area contributed by atoms with Crippen LogP contribution in [-0.2, 0) is 7.05 Å². The highest BCUT2D eigenvalue weighted by Gasteiger charge is 2.12. The van der Waals surface area contributed by atoms with Gasteiger partial charge < -0.3 is 5.32 Å². The summed E-state index contributed by atoms with van der Waals surface area (Å²) in [7, 11) is 1.85. The maximum absolute atomic E-state index is 14.2. The number of anilines is 2. The third-order valence-corrected chi connectivity index (χ3v) is 4.33. The molecule has 0 spiro atoms. The second-order valence-electron chi connectivity index (χ2n) is 6.03. The average molecular weight is 368 g/mol. The molecular formula is C19H15ClFN5. The summed E-state index contributed by atoms with van der Waals surface area (Å²) < 4.78 is 15.9. The minimum absolute atomic E-state index is 0.360. The zero-order valence-electron chi connectivity index (χ0n) is 14.2. The van der Waals surface area contributed by atoms with Gasteiger partial charge in [0.05, 0.1) is 17.6 Å². The summed E-state index contributed by atoms with van der Waals surface area (Å²) in [6, 6.07) is 8.09. The van der Waals surface area contributed by atoms with Crippen LogP contribution < -0.4 is 5.32 Å². The molecule has 0 radical (unpaired) electrons. The summed E-state index contributed by atoms with van der Waals surface area (Å²) in [6.45, 7) is 1.93. The maximum atomic E-state index is 14.2. The number of rotatable bonds is 3. The Morgan fingerprint density at radius 2 is 1.96 bits per heavy atom. The van der Waals surface area contributed by atoms with Crippen molar-refractivity contribution in [3.63, 3.8) is 0 Å². The lowest BCUT2D eigenvalue weighted by atomic mass is 10.1. The second-order valence-corrected chi connectivity index (χ2v) is 6.47. The van der Waals surface area contributed by atoms with Crippen LogP contribution in [0.3, 0.4) is 0 Å². The first-order chi connectivity index (χ1) is 12.5. The molecule has 0 saturated carbocycles. The molecule has 1 N–H and O–H groups in total. The van der Waals surface area contributed by atoms with Crippen molar-refractivity contribution in [1.29, 1.82) is 0 Å². The first kappa shape index (κ1) is 16.5. The summed E-state index contributed by atoms with van der Waals surface area (Å²) >= 11 is 6.01. The van der Waals surface area contributed by atoms with Crippen molar-refractivity contribution in [1.82, 2.24) is 19.7 Å². The molecule has 0 aliphatic rings. The van der Waals surface area contributed by atoms with E-state index in [0.717, 1.165) is 28.0 Å². The van der Waals surface area contributed by atoms with Gasteiger partial charge in [-0.05, 0) is 42.8 Å². The highest BCUT2D eigenvalue weighted by molar-refractivity contribution is 6.30. The van der Waals surface area contributed by atoms with Gasteiger partial charge in [-0.2, -0.15) is 5.10 Å². The predicted molar refractivity (Wildman–Crippen MR) is 101 cm³/mol. The van der Waals surface area contributed by atoms with Crippen molar-refractivity contribution in [2.24, 2.45) is 7.05 Å². The number of halogens is 2. The maximum Gasteiger partial charge on any atom is 0.134 e. The lowest BCUT2D eigenvalue weighted by Gasteiger charge is -2.12. The number of nitrogens with zero attached hydrogens (tertiary/aromatic N) is 4. The Balaban J connectivity index is 1.78. The van der Waals surface area contributed by atoms with Crippen LogP contribution in [0.1, 0.15) is 5.56 Å². The third-order valence-electron chi connectivity index (χ3n) is 4.10. The van der Waals surface area contributed by atoms with Gasteiger partial charge >= 0.3 is 0 Å². The van der Waals surface area contributed by atoms with E-state index in [1.54, 1.807) is 29.2 Å². The summed E-state index contributed by atoms with van der Waals surface area (Å²) in [5.74, 6) is -0.368. The Hall–Kier alpha value is -2.99. The van der Waals surface area contributed by atoms with E-state index in [4.69, 9.17) is 11.6 Å². The van der Waals surface area contributed by atoms with E-state index >= 15 is 0 Å². The number of pyridine rings is 2. The Morgan fingerprint density at radius 1 is 1.12 bits per heavy atom. The van der Waals surface area contributed by atoms with Crippen LogP contribution >= 0.6 is 11.6 Å². The highest BCUT2D eigenvalue weighted by Crippen LogP contribution is 2.30. The standard InChI is InChI=1S/C19H15ClFN5/c1-11-9-23-17(13-7-12(20)3-4-14(13)21)8-16(11)24-15-5-6-22-18-10-26(2)25-19(15)18/h3-10H,1-2H3,(H,23,24). The topological polar surface area (TPSA) is 55.6 Å². The van der Waals surface area contributed by atoms with Crippen LogP contribution in [0, 0.1) is 12.7 Å². The minimum atomic E-state index is -0.368. The number of aromatic nitrogens is 4. The summed E-state index contributed by atoms with van der Waals surface area (Å²) in [5.41, 5.74) is 4.99. The predicted octanol–water partition coefficient (Wildman–Crippen LogP) is 4.87. The molecule has 4 rings (SSSR count). The van der Waals surface area contributed by atoms with E-state index in [1.807, 2.05) is 26.2 Å². The molecule has 1 aromatic carbocycles. The van der Waals surface area contributed by atoms with Gasteiger partial charge in [-0.25, -0.2) is 4.39 Å². The number of fused-ring (bicyclic) bond motifs is 1. The number of hydrogen-bond donors (Lipinski definition) is 1. The SMILES string of the molecule is Cc1cnc(-c2cc(Cl)ccc2F)cc1Nc1ccnc2cn(C)nc12. The van der Waals surface area contributed by atoms with Crippen molar-refractivity contribution >= 4 is 34.0 Å². The fourth-order valence-electron chi connectivity index (χ4n) is 2.78. The fraction of sp³-hybridized carbons (Fsp3) is 0.105. The smallest absolute Gasteiger partial charge is 0.134 e. The van der Waals surface area contributed by atoms with Gasteiger partial charge in [0.15, 0.2) is 0 Å².